The Hall–Kier alpha value is -3.28. The Morgan fingerprint density at radius 1 is 1.07 bits per heavy atom. The van der Waals surface area contributed by atoms with Gasteiger partial charge in [0.15, 0.2) is 11.5 Å². The number of hydrogen-bond acceptors (Lipinski definition) is 4. The molecular formula is C21H21FN4O. The lowest BCUT2D eigenvalue weighted by Gasteiger charge is -2.22. The van der Waals surface area contributed by atoms with Gasteiger partial charge in [-0.3, -0.25) is 4.79 Å². The first kappa shape index (κ1) is 18.5. The zero-order valence-electron chi connectivity index (χ0n) is 15.3. The van der Waals surface area contributed by atoms with Gasteiger partial charge >= 0.3 is 0 Å². The van der Waals surface area contributed by atoms with Gasteiger partial charge in [0.1, 0.15) is 5.82 Å². The number of hydrogen-bond donors (Lipinski definition) is 1. The Kier molecular flexibility index (Phi) is 5.76. The van der Waals surface area contributed by atoms with E-state index in [4.69, 9.17) is 0 Å². The summed E-state index contributed by atoms with van der Waals surface area (Å²) >= 11 is 0. The number of halogens is 1. The molecule has 27 heavy (non-hydrogen) atoms. The molecule has 1 N–H and O–H groups in total. The highest BCUT2D eigenvalue weighted by molar-refractivity contribution is 5.92. The number of amides is 1. The molecule has 3 rings (SSSR count). The van der Waals surface area contributed by atoms with Crippen LogP contribution in [0.15, 0.2) is 60.7 Å². The van der Waals surface area contributed by atoms with Crippen molar-refractivity contribution >= 4 is 17.4 Å². The van der Waals surface area contributed by atoms with Crippen LogP contribution in [0.25, 0.3) is 0 Å². The van der Waals surface area contributed by atoms with Gasteiger partial charge in [-0.05, 0) is 61.4 Å². The van der Waals surface area contributed by atoms with Crippen LogP contribution >= 0.6 is 0 Å². The van der Waals surface area contributed by atoms with Gasteiger partial charge in [-0.1, -0.05) is 24.3 Å². The molecule has 0 unspecified atom stereocenters. The number of benzene rings is 2. The maximum Gasteiger partial charge on any atom is 0.272 e. The van der Waals surface area contributed by atoms with Crippen molar-refractivity contribution < 1.29 is 9.18 Å². The molecule has 3 aromatic rings. The topological polar surface area (TPSA) is 58.1 Å². The van der Waals surface area contributed by atoms with Crippen LogP contribution in [0.5, 0.6) is 0 Å². The van der Waals surface area contributed by atoms with E-state index in [0.29, 0.717) is 12.4 Å². The summed E-state index contributed by atoms with van der Waals surface area (Å²) in [6.45, 7) is 5.10. The van der Waals surface area contributed by atoms with Crippen molar-refractivity contribution in [1.29, 1.82) is 0 Å². The second-order valence-electron chi connectivity index (χ2n) is 6.17. The molecule has 1 aromatic heterocycles. The third-order valence-corrected chi connectivity index (χ3v) is 4.16. The highest BCUT2D eigenvalue weighted by Gasteiger charge is 2.12. The Morgan fingerprint density at radius 2 is 1.85 bits per heavy atom. The van der Waals surface area contributed by atoms with Gasteiger partial charge in [-0.2, -0.15) is 0 Å². The SMILES string of the molecule is CCN(c1cccc(C)c1)c1ccc(C(=O)NCc2ccc(F)cc2)nn1. The number of nitrogens with one attached hydrogen (secondary N) is 1. The Balaban J connectivity index is 1.68. The molecule has 0 spiro atoms. The minimum atomic E-state index is -0.322. The maximum atomic E-state index is 12.9. The predicted molar refractivity (Wildman–Crippen MR) is 103 cm³/mol. The average molecular weight is 364 g/mol. The van der Waals surface area contributed by atoms with Crippen molar-refractivity contribution in [2.75, 3.05) is 11.4 Å². The highest BCUT2D eigenvalue weighted by Crippen LogP contribution is 2.23. The summed E-state index contributed by atoms with van der Waals surface area (Å²) in [7, 11) is 0. The van der Waals surface area contributed by atoms with Crippen molar-refractivity contribution in [1.82, 2.24) is 15.5 Å². The van der Waals surface area contributed by atoms with E-state index in [2.05, 4.69) is 21.6 Å². The molecule has 2 aromatic carbocycles. The van der Waals surface area contributed by atoms with Crippen LogP contribution in [0.1, 0.15) is 28.5 Å². The highest BCUT2D eigenvalue weighted by atomic mass is 19.1. The second kappa shape index (κ2) is 8.40. The Morgan fingerprint density at radius 3 is 2.48 bits per heavy atom. The summed E-state index contributed by atoms with van der Waals surface area (Å²) in [6.07, 6.45) is 0. The van der Waals surface area contributed by atoms with E-state index in [0.717, 1.165) is 23.4 Å². The smallest absolute Gasteiger partial charge is 0.272 e. The number of aryl methyl sites for hydroxylation is 1. The quantitative estimate of drug-likeness (QED) is 0.718. The van der Waals surface area contributed by atoms with Crippen LogP contribution < -0.4 is 10.2 Å². The molecule has 0 fully saturated rings. The van der Waals surface area contributed by atoms with Gasteiger partial charge in [0.2, 0.25) is 0 Å². The molecule has 0 atom stereocenters. The molecule has 0 bridgehead atoms. The van der Waals surface area contributed by atoms with Gasteiger partial charge in [0.05, 0.1) is 0 Å². The molecule has 0 aliphatic carbocycles. The molecule has 0 radical (unpaired) electrons. The lowest BCUT2D eigenvalue weighted by atomic mass is 10.2. The molecule has 0 saturated carbocycles. The first-order chi connectivity index (χ1) is 13.1. The molecule has 1 heterocycles. The van der Waals surface area contributed by atoms with Gasteiger partial charge in [0, 0.05) is 18.8 Å². The molecule has 6 heteroatoms. The maximum absolute atomic E-state index is 12.9. The van der Waals surface area contributed by atoms with E-state index in [1.165, 1.54) is 12.1 Å². The Labute approximate surface area is 157 Å². The summed E-state index contributed by atoms with van der Waals surface area (Å²) in [5.41, 5.74) is 3.24. The lowest BCUT2D eigenvalue weighted by Crippen LogP contribution is -2.25. The van der Waals surface area contributed by atoms with Crippen LogP contribution in [-0.4, -0.2) is 22.6 Å². The van der Waals surface area contributed by atoms with Gasteiger partial charge in [-0.15, -0.1) is 10.2 Å². The third kappa shape index (κ3) is 4.67. The standard InChI is InChI=1S/C21H21FN4O/c1-3-26(18-6-4-5-15(2)13-18)20-12-11-19(24-25-20)21(27)23-14-16-7-9-17(22)10-8-16/h4-13H,3,14H2,1-2H3,(H,23,27). The van der Waals surface area contributed by atoms with Crippen molar-refractivity contribution in [2.24, 2.45) is 0 Å². The molecule has 5 nitrogen and oxygen atoms in total. The van der Waals surface area contributed by atoms with Gasteiger partial charge < -0.3 is 10.2 Å². The van der Waals surface area contributed by atoms with E-state index in [-0.39, 0.29) is 17.4 Å². The van der Waals surface area contributed by atoms with Crippen LogP contribution in [0.3, 0.4) is 0 Å². The summed E-state index contributed by atoms with van der Waals surface area (Å²) < 4.78 is 12.9. The number of nitrogens with zero attached hydrogens (tertiary/aromatic N) is 3. The number of aromatic nitrogens is 2. The fourth-order valence-corrected chi connectivity index (χ4v) is 2.74. The third-order valence-electron chi connectivity index (χ3n) is 4.16. The van der Waals surface area contributed by atoms with Gasteiger partial charge in [-0.25, -0.2) is 4.39 Å². The number of carbonyl (C=O) groups excluding carboxylic acids is 1. The van der Waals surface area contributed by atoms with Crippen molar-refractivity contribution in [3.05, 3.63) is 83.3 Å². The fourth-order valence-electron chi connectivity index (χ4n) is 2.74. The zero-order chi connectivity index (χ0) is 19.2. The van der Waals surface area contributed by atoms with Crippen molar-refractivity contribution in [3.63, 3.8) is 0 Å². The zero-order valence-corrected chi connectivity index (χ0v) is 15.3. The molecule has 0 aliphatic rings. The molecule has 0 aliphatic heterocycles. The predicted octanol–water partition coefficient (Wildman–Crippen LogP) is 4.01. The monoisotopic (exact) mass is 364 g/mol. The van der Waals surface area contributed by atoms with E-state index < -0.39 is 0 Å². The van der Waals surface area contributed by atoms with Crippen molar-refractivity contribution in [3.8, 4) is 0 Å². The van der Waals surface area contributed by atoms with Crippen LogP contribution in [0.2, 0.25) is 0 Å². The first-order valence-corrected chi connectivity index (χ1v) is 8.77. The van der Waals surface area contributed by atoms with Crippen molar-refractivity contribution in [2.45, 2.75) is 20.4 Å². The second-order valence-corrected chi connectivity index (χ2v) is 6.17. The van der Waals surface area contributed by atoms with Crippen LogP contribution in [-0.2, 0) is 6.54 Å². The fraction of sp³-hybridized carbons (Fsp3) is 0.190. The number of anilines is 2. The minimum absolute atomic E-state index is 0.237. The normalized spacial score (nSPS) is 10.5. The average Bonchev–Trinajstić information content (AvgIpc) is 2.68. The molecule has 138 valence electrons. The summed E-state index contributed by atoms with van der Waals surface area (Å²) in [5.74, 6) is 0.0517. The van der Waals surface area contributed by atoms with Crippen LogP contribution in [0, 0.1) is 12.7 Å². The minimum Gasteiger partial charge on any atom is -0.347 e. The van der Waals surface area contributed by atoms with E-state index in [1.807, 2.05) is 36.9 Å². The first-order valence-electron chi connectivity index (χ1n) is 8.77. The van der Waals surface area contributed by atoms with E-state index in [9.17, 15) is 9.18 Å². The number of carbonyl (C=O) groups is 1. The summed E-state index contributed by atoms with van der Waals surface area (Å²) in [4.78, 5) is 14.3. The van der Waals surface area contributed by atoms with E-state index >= 15 is 0 Å². The lowest BCUT2D eigenvalue weighted by molar-refractivity contribution is 0.0945. The summed E-state index contributed by atoms with van der Waals surface area (Å²) in [5, 5.41) is 11.0. The van der Waals surface area contributed by atoms with E-state index in [1.54, 1.807) is 24.3 Å². The number of rotatable bonds is 6. The van der Waals surface area contributed by atoms with Crippen LogP contribution in [0.4, 0.5) is 15.9 Å². The molecule has 1 amide bonds. The largest absolute Gasteiger partial charge is 0.347 e. The molecule has 0 saturated heterocycles. The molecular weight excluding hydrogens is 343 g/mol. The van der Waals surface area contributed by atoms with Gasteiger partial charge in [0.25, 0.3) is 5.91 Å². The summed E-state index contributed by atoms with van der Waals surface area (Å²) in [6, 6.07) is 17.6. The Bertz CT molecular complexity index is 910.